The number of hydrogen-bond donors (Lipinski definition) is 1. The van der Waals surface area contributed by atoms with E-state index >= 15 is 0 Å². The van der Waals surface area contributed by atoms with Crippen molar-refractivity contribution in [2.45, 2.75) is 225 Å². The Morgan fingerprint density at radius 2 is 0.677 bits per heavy atom. The van der Waals surface area contributed by atoms with E-state index < -0.39 is 6.10 Å². The molecule has 0 aromatic rings. The molecule has 0 spiro atoms. The lowest BCUT2D eigenvalue weighted by Crippen LogP contribution is -2.28. The molecule has 0 aliphatic heterocycles. The lowest BCUT2D eigenvalue weighted by atomic mass is 10.0. The predicted molar refractivity (Wildman–Crippen MR) is 269 cm³/mol. The van der Waals surface area contributed by atoms with Crippen LogP contribution in [0.1, 0.15) is 219 Å². The van der Waals surface area contributed by atoms with E-state index in [4.69, 9.17) is 9.47 Å². The van der Waals surface area contributed by atoms with Crippen LogP contribution in [0.3, 0.4) is 0 Å². The summed E-state index contributed by atoms with van der Waals surface area (Å²) >= 11 is 0. The third-order valence-electron chi connectivity index (χ3n) is 10.6. The maximum atomic E-state index is 12.2. The van der Waals surface area contributed by atoms with Gasteiger partial charge in [0.15, 0.2) is 6.10 Å². The number of esters is 2. The summed E-state index contributed by atoms with van der Waals surface area (Å²) in [6, 6.07) is 0. The summed E-state index contributed by atoms with van der Waals surface area (Å²) in [5.74, 6) is -0.687. The van der Waals surface area contributed by atoms with E-state index in [0.717, 1.165) is 77.0 Å². The van der Waals surface area contributed by atoms with Gasteiger partial charge in [-0.15, -0.1) is 0 Å². The van der Waals surface area contributed by atoms with Gasteiger partial charge in [0.25, 0.3) is 0 Å². The van der Waals surface area contributed by atoms with Gasteiger partial charge in [0.2, 0.25) is 0 Å². The highest BCUT2D eigenvalue weighted by Gasteiger charge is 2.16. The van der Waals surface area contributed by atoms with Gasteiger partial charge in [-0.05, 0) is 83.5 Å². The standard InChI is InChI=1S/C57H94O5/c1-3-5-7-9-11-13-15-17-18-19-20-21-22-23-24-25-26-27-28-29-30-31-32-33-34-35-36-37-38-40-42-44-46-48-50-52-57(60)62-55(53-58)54-61-56(59)51-49-47-45-43-41-39-16-14-12-10-8-6-4-2/h5-8,11-14,17-18,20-21,23-24,39,41,45,47,55,58H,3-4,9-10,15-16,19,22,25-38,40,42-44,46,48-54H2,1-2H3/b7-5-,8-6-,13-11-,14-12-,18-17-,21-20-,24-23-,41-39-,47-45-. The van der Waals surface area contributed by atoms with Gasteiger partial charge < -0.3 is 14.6 Å². The lowest BCUT2D eigenvalue weighted by Gasteiger charge is -2.15. The van der Waals surface area contributed by atoms with E-state index in [2.05, 4.69) is 111 Å². The maximum Gasteiger partial charge on any atom is 0.306 e. The van der Waals surface area contributed by atoms with Crippen LogP contribution in [0.25, 0.3) is 0 Å². The van der Waals surface area contributed by atoms with E-state index in [-0.39, 0.29) is 31.6 Å². The first-order valence-electron chi connectivity index (χ1n) is 25.4. The molecule has 62 heavy (non-hydrogen) atoms. The number of aliphatic hydroxyl groups is 1. The lowest BCUT2D eigenvalue weighted by molar-refractivity contribution is -0.161. The van der Waals surface area contributed by atoms with Crippen LogP contribution in [0.15, 0.2) is 109 Å². The Labute approximate surface area is 382 Å². The molecular weight excluding hydrogens is 765 g/mol. The Kier molecular flexibility index (Phi) is 49.0. The fraction of sp³-hybridized carbons (Fsp3) is 0.649. The van der Waals surface area contributed by atoms with Crippen LogP contribution in [-0.2, 0) is 19.1 Å². The van der Waals surface area contributed by atoms with Crippen molar-refractivity contribution >= 4 is 11.9 Å². The number of aliphatic hydroxyl groups excluding tert-OH is 1. The summed E-state index contributed by atoms with van der Waals surface area (Å²) in [6.07, 6.45) is 75.0. The van der Waals surface area contributed by atoms with Crippen LogP contribution in [0, 0.1) is 0 Å². The SMILES string of the molecule is CC/C=C\C/C=C\C/C=C\C/C=C\C/C=C\CCCCCCCCCCCCCCCCCCCCCC(=O)OC(CO)COC(=O)CC/C=C\C/C=C\C/C=C\C/C=C\CC. The van der Waals surface area contributed by atoms with Gasteiger partial charge in [0, 0.05) is 12.8 Å². The van der Waals surface area contributed by atoms with Crippen molar-refractivity contribution in [1.82, 2.24) is 0 Å². The van der Waals surface area contributed by atoms with Crippen molar-refractivity contribution in [1.29, 1.82) is 0 Å². The number of carbonyl (C=O) groups is 2. The van der Waals surface area contributed by atoms with Crippen LogP contribution in [0.5, 0.6) is 0 Å². The van der Waals surface area contributed by atoms with Crippen LogP contribution in [0.2, 0.25) is 0 Å². The molecule has 0 saturated carbocycles. The molecule has 1 N–H and O–H groups in total. The van der Waals surface area contributed by atoms with Gasteiger partial charge >= 0.3 is 11.9 Å². The van der Waals surface area contributed by atoms with Gasteiger partial charge in [-0.3, -0.25) is 9.59 Å². The Balaban J connectivity index is 3.49. The zero-order chi connectivity index (χ0) is 44.9. The fourth-order valence-corrected chi connectivity index (χ4v) is 6.83. The van der Waals surface area contributed by atoms with Gasteiger partial charge in [0.1, 0.15) is 6.61 Å². The first-order chi connectivity index (χ1) is 30.6. The molecule has 0 bridgehead atoms. The summed E-state index contributed by atoms with van der Waals surface area (Å²) in [5, 5.41) is 9.59. The molecule has 0 aromatic heterocycles. The largest absolute Gasteiger partial charge is 0.462 e. The fourth-order valence-electron chi connectivity index (χ4n) is 6.83. The molecule has 5 heteroatoms. The highest BCUT2D eigenvalue weighted by molar-refractivity contribution is 5.70. The number of ether oxygens (including phenoxy) is 2. The van der Waals surface area contributed by atoms with Crippen LogP contribution in [0.4, 0.5) is 0 Å². The third-order valence-corrected chi connectivity index (χ3v) is 10.6. The Morgan fingerprint density at radius 3 is 1.03 bits per heavy atom. The molecule has 0 rings (SSSR count). The molecule has 0 radical (unpaired) electrons. The molecule has 0 amide bonds. The van der Waals surface area contributed by atoms with Gasteiger partial charge in [-0.2, -0.15) is 0 Å². The van der Waals surface area contributed by atoms with Crippen molar-refractivity contribution in [3.05, 3.63) is 109 Å². The van der Waals surface area contributed by atoms with Crippen molar-refractivity contribution in [2.24, 2.45) is 0 Å². The number of rotatable bonds is 45. The van der Waals surface area contributed by atoms with Crippen LogP contribution < -0.4 is 0 Å². The highest BCUT2D eigenvalue weighted by Crippen LogP contribution is 2.16. The molecule has 0 aliphatic rings. The minimum atomic E-state index is -0.805. The summed E-state index contributed by atoms with van der Waals surface area (Å²) in [7, 11) is 0. The zero-order valence-electron chi connectivity index (χ0n) is 40.1. The first kappa shape index (κ1) is 58.6. The monoisotopic (exact) mass is 859 g/mol. The molecule has 0 saturated heterocycles. The number of carbonyl (C=O) groups excluding carboxylic acids is 2. The van der Waals surface area contributed by atoms with E-state index in [1.54, 1.807) is 0 Å². The summed E-state index contributed by atoms with van der Waals surface area (Å²) in [5.41, 5.74) is 0. The van der Waals surface area contributed by atoms with E-state index in [1.807, 2.05) is 12.2 Å². The average molecular weight is 859 g/mol. The predicted octanol–water partition coefficient (Wildman–Crippen LogP) is 17.0. The Bertz CT molecular complexity index is 1250. The molecule has 1 unspecified atom stereocenters. The summed E-state index contributed by atoms with van der Waals surface area (Å²) in [4.78, 5) is 24.3. The average Bonchev–Trinajstić information content (AvgIpc) is 3.28. The van der Waals surface area contributed by atoms with E-state index in [0.29, 0.717) is 12.8 Å². The van der Waals surface area contributed by atoms with Crippen LogP contribution >= 0.6 is 0 Å². The molecule has 0 fully saturated rings. The maximum absolute atomic E-state index is 12.2. The second kappa shape index (κ2) is 51.9. The smallest absolute Gasteiger partial charge is 0.306 e. The molecular formula is C57H94O5. The molecule has 1 atom stereocenters. The van der Waals surface area contributed by atoms with Crippen molar-refractivity contribution in [2.75, 3.05) is 13.2 Å². The molecule has 0 aromatic carbocycles. The minimum Gasteiger partial charge on any atom is -0.462 e. The zero-order valence-corrected chi connectivity index (χ0v) is 40.1. The van der Waals surface area contributed by atoms with Crippen molar-refractivity contribution < 1.29 is 24.2 Å². The summed E-state index contributed by atoms with van der Waals surface area (Å²) in [6.45, 7) is 3.84. The second-order valence-corrected chi connectivity index (χ2v) is 16.5. The quantitative estimate of drug-likeness (QED) is 0.0375. The molecule has 0 heterocycles. The van der Waals surface area contributed by atoms with Gasteiger partial charge in [-0.1, -0.05) is 232 Å². The molecule has 352 valence electrons. The Morgan fingerprint density at radius 1 is 0.371 bits per heavy atom. The number of unbranched alkanes of at least 4 members (excludes halogenated alkanes) is 19. The van der Waals surface area contributed by atoms with Gasteiger partial charge in [-0.25, -0.2) is 0 Å². The van der Waals surface area contributed by atoms with Crippen LogP contribution in [-0.4, -0.2) is 36.4 Å². The first-order valence-corrected chi connectivity index (χ1v) is 25.4. The normalized spacial score (nSPS) is 13.1. The Hall–Kier alpha value is -3.44. The number of hydrogen-bond acceptors (Lipinski definition) is 5. The second-order valence-electron chi connectivity index (χ2n) is 16.5. The highest BCUT2D eigenvalue weighted by atomic mass is 16.6. The minimum absolute atomic E-state index is 0.107. The third kappa shape index (κ3) is 49.2. The molecule has 5 nitrogen and oxygen atoms in total. The van der Waals surface area contributed by atoms with Crippen molar-refractivity contribution in [3.8, 4) is 0 Å². The topological polar surface area (TPSA) is 72.8 Å². The van der Waals surface area contributed by atoms with Crippen molar-refractivity contribution in [3.63, 3.8) is 0 Å². The van der Waals surface area contributed by atoms with E-state index in [9.17, 15) is 14.7 Å². The molecule has 0 aliphatic carbocycles. The van der Waals surface area contributed by atoms with Gasteiger partial charge in [0.05, 0.1) is 6.61 Å². The van der Waals surface area contributed by atoms with E-state index in [1.165, 1.54) is 109 Å². The number of allylic oxidation sites excluding steroid dienone is 18. The summed E-state index contributed by atoms with van der Waals surface area (Å²) < 4.78 is 10.6.